The highest BCUT2D eigenvalue weighted by Gasteiger charge is 2.12. The summed E-state index contributed by atoms with van der Waals surface area (Å²) in [6.07, 6.45) is 2.92. The summed E-state index contributed by atoms with van der Waals surface area (Å²) in [6.45, 7) is 0.940. The minimum absolute atomic E-state index is 0.231. The van der Waals surface area contributed by atoms with E-state index in [1.807, 2.05) is 0 Å². The van der Waals surface area contributed by atoms with Crippen molar-refractivity contribution in [3.05, 3.63) is 82.3 Å². The molecule has 0 aliphatic heterocycles. The molecule has 0 aliphatic rings. The van der Waals surface area contributed by atoms with Crippen LogP contribution in [-0.2, 0) is 13.1 Å². The van der Waals surface area contributed by atoms with E-state index in [1.165, 1.54) is 29.2 Å². The molecule has 3 heterocycles. The molecule has 0 saturated carbocycles. The van der Waals surface area contributed by atoms with Gasteiger partial charge in [0.05, 0.1) is 31.0 Å². The van der Waals surface area contributed by atoms with Crippen molar-refractivity contribution in [1.82, 2.24) is 33.4 Å². The Morgan fingerprint density at radius 3 is 2.75 bits per heavy atom. The van der Waals surface area contributed by atoms with E-state index in [2.05, 4.69) is 24.1 Å². The molecule has 0 fully saturated rings. The van der Waals surface area contributed by atoms with E-state index in [9.17, 15) is 14.0 Å². The molecule has 0 bridgehead atoms. The summed E-state index contributed by atoms with van der Waals surface area (Å²) in [5.74, 6) is -0.560. The van der Waals surface area contributed by atoms with Gasteiger partial charge in [-0.25, -0.2) is 14.1 Å². The second-order valence-electron chi connectivity index (χ2n) is 7.13. The molecule has 0 spiro atoms. The first-order valence-electron chi connectivity index (χ1n) is 9.74. The molecule has 0 radical (unpaired) electrons. The van der Waals surface area contributed by atoms with E-state index in [1.54, 1.807) is 35.0 Å². The van der Waals surface area contributed by atoms with Crippen LogP contribution in [0.15, 0.2) is 59.8 Å². The normalized spacial score (nSPS) is 11.3. The highest BCUT2D eigenvalue weighted by Crippen LogP contribution is 2.13. The van der Waals surface area contributed by atoms with Crippen LogP contribution in [0.4, 0.5) is 4.39 Å². The number of fused-ring (bicyclic) bond motifs is 2. The molecule has 5 aromatic rings. The van der Waals surface area contributed by atoms with Gasteiger partial charge in [0, 0.05) is 12.1 Å². The highest BCUT2D eigenvalue weighted by atomic mass is 32.1. The lowest BCUT2D eigenvalue weighted by atomic mass is 10.2. The van der Waals surface area contributed by atoms with Gasteiger partial charge in [-0.15, -0.1) is 0 Å². The average molecular weight is 449 g/mol. The third-order valence-corrected chi connectivity index (χ3v) is 5.57. The maximum absolute atomic E-state index is 13.1. The first kappa shape index (κ1) is 19.9. The lowest BCUT2D eigenvalue weighted by Crippen LogP contribution is -2.27. The predicted molar refractivity (Wildman–Crippen MR) is 117 cm³/mol. The van der Waals surface area contributed by atoms with Gasteiger partial charge < -0.3 is 5.32 Å². The molecule has 0 saturated heterocycles. The summed E-state index contributed by atoms with van der Waals surface area (Å²) < 4.78 is 24.4. The Bertz CT molecular complexity index is 1490. The van der Waals surface area contributed by atoms with Gasteiger partial charge in [-0.3, -0.25) is 14.2 Å². The van der Waals surface area contributed by atoms with Crippen LogP contribution in [0.1, 0.15) is 15.9 Å². The fraction of sp³-hybridized carbons (Fsp3) is 0.143. The summed E-state index contributed by atoms with van der Waals surface area (Å²) in [7, 11) is 0. The zero-order chi connectivity index (χ0) is 22.1. The van der Waals surface area contributed by atoms with Crippen LogP contribution in [0, 0.1) is 5.82 Å². The van der Waals surface area contributed by atoms with Crippen LogP contribution in [0.3, 0.4) is 0 Å². The molecule has 0 unspecified atom stereocenters. The third kappa shape index (κ3) is 3.85. The smallest absolute Gasteiger partial charge is 0.264 e. The molecule has 5 rings (SSSR count). The van der Waals surface area contributed by atoms with Crippen molar-refractivity contribution < 1.29 is 9.18 Å². The molecular weight excluding hydrogens is 433 g/mol. The van der Waals surface area contributed by atoms with Crippen LogP contribution in [0.25, 0.3) is 22.1 Å². The summed E-state index contributed by atoms with van der Waals surface area (Å²) in [4.78, 5) is 29.6. The number of amides is 1. The van der Waals surface area contributed by atoms with Crippen molar-refractivity contribution in [1.29, 1.82) is 0 Å². The Morgan fingerprint density at radius 1 is 1.09 bits per heavy atom. The predicted octanol–water partition coefficient (Wildman–Crippen LogP) is 2.22. The minimum atomic E-state index is -0.330. The van der Waals surface area contributed by atoms with Gasteiger partial charge >= 0.3 is 0 Å². The topological polar surface area (TPSA) is 108 Å². The molecule has 0 aliphatic carbocycles. The number of nitrogens with one attached hydrogen (secondary N) is 1. The second kappa shape index (κ2) is 8.27. The van der Waals surface area contributed by atoms with Gasteiger partial charge in [0.15, 0.2) is 5.65 Å². The summed E-state index contributed by atoms with van der Waals surface area (Å²) in [5.41, 5.74) is 2.93. The Hall–Kier alpha value is -3.99. The van der Waals surface area contributed by atoms with Crippen molar-refractivity contribution in [3.8, 4) is 0 Å². The van der Waals surface area contributed by atoms with Gasteiger partial charge in [-0.1, -0.05) is 12.1 Å². The Labute approximate surface area is 184 Å². The molecule has 0 atom stereocenters. The fourth-order valence-corrected chi connectivity index (χ4v) is 3.88. The number of aromatic nitrogens is 6. The fourth-order valence-electron chi connectivity index (χ4n) is 3.36. The Balaban J connectivity index is 1.27. The van der Waals surface area contributed by atoms with Gasteiger partial charge in [0.1, 0.15) is 28.6 Å². The van der Waals surface area contributed by atoms with Crippen LogP contribution in [-0.4, -0.2) is 40.5 Å². The number of benzene rings is 2. The number of rotatable bonds is 6. The molecule has 1 amide bonds. The second-order valence-corrected chi connectivity index (χ2v) is 7.66. The van der Waals surface area contributed by atoms with Gasteiger partial charge in [0.25, 0.3) is 11.5 Å². The highest BCUT2D eigenvalue weighted by molar-refractivity contribution is 7.00. The monoisotopic (exact) mass is 449 g/mol. The molecular formula is C21H16FN7O2S. The van der Waals surface area contributed by atoms with Gasteiger partial charge in [-0.05, 0) is 35.9 Å². The van der Waals surface area contributed by atoms with Gasteiger partial charge in [0.2, 0.25) is 0 Å². The molecule has 2 aromatic carbocycles. The summed E-state index contributed by atoms with van der Waals surface area (Å²) in [6, 6.07) is 11.1. The van der Waals surface area contributed by atoms with E-state index in [-0.39, 0.29) is 23.8 Å². The first-order valence-corrected chi connectivity index (χ1v) is 10.5. The lowest BCUT2D eigenvalue weighted by Gasteiger charge is -2.08. The maximum atomic E-state index is 13.1. The van der Waals surface area contributed by atoms with Crippen LogP contribution >= 0.6 is 11.7 Å². The van der Waals surface area contributed by atoms with Crippen LogP contribution < -0.4 is 10.9 Å². The van der Waals surface area contributed by atoms with Gasteiger partial charge in [-0.2, -0.15) is 13.8 Å². The minimum Gasteiger partial charge on any atom is -0.350 e. The molecule has 32 heavy (non-hydrogen) atoms. The number of halogens is 1. The van der Waals surface area contributed by atoms with E-state index in [4.69, 9.17) is 0 Å². The summed E-state index contributed by atoms with van der Waals surface area (Å²) in [5, 5.41) is 7.46. The number of hydrogen-bond donors (Lipinski definition) is 1. The first-order chi connectivity index (χ1) is 15.6. The zero-order valence-corrected chi connectivity index (χ0v) is 17.4. The lowest BCUT2D eigenvalue weighted by molar-refractivity contribution is 0.0952. The van der Waals surface area contributed by atoms with Crippen molar-refractivity contribution in [2.45, 2.75) is 13.1 Å². The van der Waals surface area contributed by atoms with E-state index < -0.39 is 0 Å². The Kier molecular flexibility index (Phi) is 5.15. The number of hydrogen-bond acceptors (Lipinski definition) is 7. The SMILES string of the molecule is O=C(NCCn1ncc2c(=O)n(Cc3ccc(F)cc3)cnc21)c1ccc2nsnc2c1. The molecule has 160 valence electrons. The number of carbonyl (C=O) groups excluding carboxylic acids is 1. The zero-order valence-electron chi connectivity index (χ0n) is 16.6. The number of carbonyl (C=O) groups is 1. The van der Waals surface area contributed by atoms with E-state index in [0.717, 1.165) is 22.8 Å². The number of nitrogens with zero attached hydrogens (tertiary/aromatic N) is 6. The Morgan fingerprint density at radius 2 is 1.91 bits per heavy atom. The molecule has 11 heteroatoms. The largest absolute Gasteiger partial charge is 0.350 e. The molecule has 9 nitrogen and oxygen atoms in total. The molecule has 3 aromatic heterocycles. The quantitative estimate of drug-likeness (QED) is 0.426. The van der Waals surface area contributed by atoms with Crippen molar-refractivity contribution in [2.75, 3.05) is 6.54 Å². The molecule has 1 N–H and O–H groups in total. The van der Waals surface area contributed by atoms with E-state index in [0.29, 0.717) is 35.2 Å². The standard InChI is InChI=1S/C21H16FN7O2S/c22-15-4-1-13(2-5-15)11-28-12-24-19-16(21(28)31)10-25-29(19)8-7-23-20(30)14-3-6-17-18(9-14)27-32-26-17/h1-6,9-10,12H,7-8,11H2,(H,23,30). The summed E-state index contributed by atoms with van der Waals surface area (Å²) >= 11 is 1.10. The van der Waals surface area contributed by atoms with Crippen molar-refractivity contribution in [2.24, 2.45) is 0 Å². The van der Waals surface area contributed by atoms with E-state index >= 15 is 0 Å². The maximum Gasteiger partial charge on any atom is 0.264 e. The third-order valence-electron chi connectivity index (χ3n) is 5.01. The van der Waals surface area contributed by atoms with Crippen LogP contribution in [0.5, 0.6) is 0 Å². The average Bonchev–Trinajstić information content (AvgIpc) is 3.44. The van der Waals surface area contributed by atoms with Crippen LogP contribution in [0.2, 0.25) is 0 Å². The van der Waals surface area contributed by atoms with Crippen molar-refractivity contribution in [3.63, 3.8) is 0 Å². The van der Waals surface area contributed by atoms with Crippen molar-refractivity contribution >= 4 is 39.7 Å².